The van der Waals surface area contributed by atoms with Gasteiger partial charge in [0.2, 0.25) is 0 Å². The molecule has 0 spiro atoms. The van der Waals surface area contributed by atoms with Crippen molar-refractivity contribution in [2.24, 2.45) is 0 Å². The van der Waals surface area contributed by atoms with Crippen LogP contribution in [0.25, 0.3) is 0 Å². The predicted molar refractivity (Wildman–Crippen MR) is 69.6 cm³/mol. The van der Waals surface area contributed by atoms with Crippen molar-refractivity contribution in [3.8, 4) is 0 Å². The van der Waals surface area contributed by atoms with Crippen LogP contribution in [-0.2, 0) is 9.47 Å². The Morgan fingerprint density at radius 3 is 2.72 bits per heavy atom. The molecule has 3 N–H and O–H groups in total. The van der Waals surface area contributed by atoms with Gasteiger partial charge in [0.1, 0.15) is 0 Å². The van der Waals surface area contributed by atoms with Crippen LogP contribution in [0.15, 0.2) is 0 Å². The summed E-state index contributed by atoms with van der Waals surface area (Å²) >= 11 is 0. The minimum absolute atomic E-state index is 0.0741. The maximum atomic E-state index is 9.70. The first kappa shape index (κ1) is 15.9. The average molecular weight is 261 g/mol. The van der Waals surface area contributed by atoms with Crippen LogP contribution in [0.4, 0.5) is 0 Å². The molecule has 1 rings (SSSR count). The SMILES string of the molecule is OCCOCCCNCC(O)COC1CCCC1. The van der Waals surface area contributed by atoms with E-state index in [0.29, 0.717) is 32.5 Å². The molecule has 108 valence electrons. The summed E-state index contributed by atoms with van der Waals surface area (Å²) in [6, 6.07) is 0. The third-order valence-corrected chi connectivity index (χ3v) is 3.08. The van der Waals surface area contributed by atoms with Gasteiger partial charge in [0, 0.05) is 13.2 Å². The van der Waals surface area contributed by atoms with Gasteiger partial charge in [0.25, 0.3) is 0 Å². The molecule has 0 amide bonds. The number of nitrogens with one attached hydrogen (secondary N) is 1. The summed E-state index contributed by atoms with van der Waals surface area (Å²) < 4.78 is 10.8. The van der Waals surface area contributed by atoms with Gasteiger partial charge in [-0.1, -0.05) is 12.8 Å². The molecular weight excluding hydrogens is 234 g/mol. The fourth-order valence-electron chi connectivity index (χ4n) is 2.10. The van der Waals surface area contributed by atoms with E-state index in [2.05, 4.69) is 5.32 Å². The van der Waals surface area contributed by atoms with E-state index in [-0.39, 0.29) is 6.61 Å². The van der Waals surface area contributed by atoms with E-state index >= 15 is 0 Å². The Balaban J connectivity index is 1.82. The first-order valence-electron chi connectivity index (χ1n) is 7.02. The van der Waals surface area contributed by atoms with Gasteiger partial charge in [0.15, 0.2) is 0 Å². The summed E-state index contributed by atoms with van der Waals surface area (Å²) in [5, 5.41) is 21.4. The smallest absolute Gasteiger partial charge is 0.0897 e. The number of hydrogen-bond acceptors (Lipinski definition) is 5. The zero-order valence-corrected chi connectivity index (χ0v) is 11.1. The first-order chi connectivity index (χ1) is 8.83. The van der Waals surface area contributed by atoms with Crippen LogP contribution in [0, 0.1) is 0 Å². The molecule has 0 radical (unpaired) electrons. The van der Waals surface area contributed by atoms with Crippen LogP contribution in [0.2, 0.25) is 0 Å². The van der Waals surface area contributed by atoms with Crippen LogP contribution in [0.3, 0.4) is 0 Å². The number of aliphatic hydroxyl groups excluding tert-OH is 2. The standard InChI is InChI=1S/C13H27NO4/c15-7-9-17-8-3-6-14-10-12(16)11-18-13-4-1-2-5-13/h12-16H,1-11H2. The number of hydrogen-bond donors (Lipinski definition) is 3. The monoisotopic (exact) mass is 261 g/mol. The molecule has 0 aliphatic heterocycles. The van der Waals surface area contributed by atoms with Gasteiger partial charge in [-0.3, -0.25) is 0 Å². The van der Waals surface area contributed by atoms with Crippen molar-refractivity contribution >= 4 is 0 Å². The van der Waals surface area contributed by atoms with Crippen LogP contribution < -0.4 is 5.32 Å². The van der Waals surface area contributed by atoms with Crippen molar-refractivity contribution in [1.29, 1.82) is 0 Å². The Hall–Kier alpha value is -0.200. The lowest BCUT2D eigenvalue weighted by atomic mass is 10.3. The Morgan fingerprint density at radius 2 is 2.00 bits per heavy atom. The highest BCUT2D eigenvalue weighted by molar-refractivity contribution is 4.68. The van der Waals surface area contributed by atoms with Gasteiger partial charge in [-0.05, 0) is 25.8 Å². The van der Waals surface area contributed by atoms with E-state index in [0.717, 1.165) is 25.8 Å². The normalized spacial score (nSPS) is 18.3. The first-order valence-corrected chi connectivity index (χ1v) is 7.02. The predicted octanol–water partition coefficient (Wildman–Crippen LogP) is 0.295. The van der Waals surface area contributed by atoms with Gasteiger partial charge in [-0.15, -0.1) is 0 Å². The number of rotatable bonds is 11. The number of ether oxygens (including phenoxy) is 2. The largest absolute Gasteiger partial charge is 0.394 e. The van der Waals surface area contributed by atoms with Crippen molar-refractivity contribution in [2.45, 2.75) is 44.3 Å². The lowest BCUT2D eigenvalue weighted by molar-refractivity contribution is -0.00553. The Bertz CT molecular complexity index is 186. The minimum Gasteiger partial charge on any atom is -0.394 e. The maximum Gasteiger partial charge on any atom is 0.0897 e. The Kier molecular flexibility index (Phi) is 9.42. The van der Waals surface area contributed by atoms with Crippen molar-refractivity contribution in [3.05, 3.63) is 0 Å². The molecule has 0 heterocycles. The second-order valence-electron chi connectivity index (χ2n) is 4.79. The molecular formula is C13H27NO4. The van der Waals surface area contributed by atoms with E-state index in [4.69, 9.17) is 14.6 Å². The molecule has 0 aromatic heterocycles. The van der Waals surface area contributed by atoms with Crippen molar-refractivity contribution in [1.82, 2.24) is 5.32 Å². The highest BCUT2D eigenvalue weighted by atomic mass is 16.5. The molecule has 1 fully saturated rings. The summed E-state index contributed by atoms with van der Waals surface area (Å²) in [6.45, 7) is 2.92. The maximum absolute atomic E-state index is 9.70. The van der Waals surface area contributed by atoms with Gasteiger partial charge >= 0.3 is 0 Å². The fourth-order valence-corrected chi connectivity index (χ4v) is 2.10. The minimum atomic E-state index is -0.427. The summed E-state index contributed by atoms with van der Waals surface area (Å²) in [6.07, 6.45) is 5.62. The number of aliphatic hydroxyl groups is 2. The highest BCUT2D eigenvalue weighted by Gasteiger charge is 2.16. The van der Waals surface area contributed by atoms with Gasteiger partial charge < -0.3 is 25.0 Å². The summed E-state index contributed by atoms with van der Waals surface area (Å²) in [4.78, 5) is 0. The van der Waals surface area contributed by atoms with E-state index < -0.39 is 6.10 Å². The second kappa shape index (κ2) is 10.7. The summed E-state index contributed by atoms with van der Waals surface area (Å²) in [5.41, 5.74) is 0. The van der Waals surface area contributed by atoms with E-state index in [1.807, 2.05) is 0 Å². The quantitative estimate of drug-likeness (QED) is 0.467. The zero-order valence-electron chi connectivity index (χ0n) is 11.1. The highest BCUT2D eigenvalue weighted by Crippen LogP contribution is 2.20. The third-order valence-electron chi connectivity index (χ3n) is 3.08. The summed E-state index contributed by atoms with van der Waals surface area (Å²) in [7, 11) is 0. The topological polar surface area (TPSA) is 71.0 Å². The van der Waals surface area contributed by atoms with Crippen LogP contribution in [0.1, 0.15) is 32.1 Å². The van der Waals surface area contributed by atoms with E-state index in [9.17, 15) is 5.11 Å². The van der Waals surface area contributed by atoms with E-state index in [1.54, 1.807) is 0 Å². The fraction of sp³-hybridized carbons (Fsp3) is 1.00. The van der Waals surface area contributed by atoms with Gasteiger partial charge in [-0.2, -0.15) is 0 Å². The molecule has 5 heteroatoms. The molecule has 0 aromatic carbocycles. The molecule has 1 aliphatic rings. The van der Waals surface area contributed by atoms with Crippen LogP contribution >= 0.6 is 0 Å². The van der Waals surface area contributed by atoms with Gasteiger partial charge in [-0.25, -0.2) is 0 Å². The molecule has 1 aliphatic carbocycles. The molecule has 1 unspecified atom stereocenters. The Morgan fingerprint density at radius 1 is 1.22 bits per heavy atom. The Labute approximate surface area is 109 Å². The molecule has 0 aromatic rings. The molecule has 0 saturated heterocycles. The zero-order chi connectivity index (χ0) is 13.1. The molecule has 18 heavy (non-hydrogen) atoms. The lowest BCUT2D eigenvalue weighted by Crippen LogP contribution is -2.32. The lowest BCUT2D eigenvalue weighted by Gasteiger charge is -2.16. The molecule has 0 bridgehead atoms. The summed E-state index contributed by atoms with van der Waals surface area (Å²) in [5.74, 6) is 0. The molecule has 1 atom stereocenters. The van der Waals surface area contributed by atoms with Crippen LogP contribution in [-0.4, -0.2) is 61.9 Å². The van der Waals surface area contributed by atoms with Crippen LogP contribution in [0.5, 0.6) is 0 Å². The molecule has 1 saturated carbocycles. The average Bonchev–Trinajstić information content (AvgIpc) is 2.88. The third kappa shape index (κ3) is 8.00. The van der Waals surface area contributed by atoms with Crippen molar-refractivity contribution < 1.29 is 19.7 Å². The molecule has 5 nitrogen and oxygen atoms in total. The van der Waals surface area contributed by atoms with Gasteiger partial charge in [0.05, 0.1) is 32.0 Å². The van der Waals surface area contributed by atoms with Crippen molar-refractivity contribution in [2.75, 3.05) is 39.5 Å². The second-order valence-corrected chi connectivity index (χ2v) is 4.79. The van der Waals surface area contributed by atoms with E-state index in [1.165, 1.54) is 12.8 Å². The van der Waals surface area contributed by atoms with Crippen molar-refractivity contribution in [3.63, 3.8) is 0 Å².